The second-order valence-electron chi connectivity index (χ2n) is 23.6. The molecule has 0 fully saturated rings. The van der Waals surface area contributed by atoms with E-state index in [1.165, 1.54) is 33.4 Å². The van der Waals surface area contributed by atoms with Crippen LogP contribution in [0.5, 0.6) is 11.5 Å². The van der Waals surface area contributed by atoms with Crippen molar-refractivity contribution < 1.29 is 19.1 Å². The topological polar surface area (TPSA) is 52.6 Å². The highest BCUT2D eigenvalue weighted by Crippen LogP contribution is 2.64. The molecule has 4 aromatic rings. The van der Waals surface area contributed by atoms with Gasteiger partial charge in [0.05, 0.1) is 23.7 Å². The summed E-state index contributed by atoms with van der Waals surface area (Å²) < 4.78 is 15.0. The van der Waals surface area contributed by atoms with E-state index >= 15 is 9.59 Å². The van der Waals surface area contributed by atoms with E-state index in [9.17, 15) is 0 Å². The lowest BCUT2D eigenvalue weighted by Crippen LogP contribution is -2.58. The van der Waals surface area contributed by atoms with E-state index in [-0.39, 0.29) is 45.1 Å². The minimum Gasteiger partial charge on any atom is -0.478 e. The third-order valence-corrected chi connectivity index (χ3v) is 15.5. The second-order valence-corrected chi connectivity index (χ2v) is 23.6. The Morgan fingerprint density at radius 2 is 0.850 bits per heavy atom. The van der Waals surface area contributed by atoms with Gasteiger partial charge in [0, 0.05) is 25.7 Å². The summed E-state index contributed by atoms with van der Waals surface area (Å²) in [5.74, 6) is 0.789. The average molecular weight is 797 g/mol. The van der Waals surface area contributed by atoms with Crippen LogP contribution in [0, 0.1) is 10.8 Å². The molecule has 0 amide bonds. The van der Waals surface area contributed by atoms with Gasteiger partial charge in [-0.05, 0) is 88.4 Å². The molecule has 4 heterocycles. The average Bonchev–Trinajstić information content (AvgIpc) is 3.73. The maximum absolute atomic E-state index is 15.6. The molecule has 4 nitrogen and oxygen atoms in total. The summed E-state index contributed by atoms with van der Waals surface area (Å²) in [5, 5.41) is 0. The number of hydrogen-bond donors (Lipinski definition) is 0. The van der Waals surface area contributed by atoms with Crippen LogP contribution in [0.4, 0.5) is 0 Å². The van der Waals surface area contributed by atoms with E-state index < -0.39 is 23.0 Å². The number of Topliss-reactive ketones (excluding diaryl/α,β-unsaturated/α-hetero) is 2. The number of carbonyl (C=O) groups excluding carboxylic acids is 2. The molecule has 0 saturated carbocycles. The normalized spacial score (nSPS) is 28.1. The minimum atomic E-state index is -1.04. The van der Waals surface area contributed by atoms with E-state index in [2.05, 4.69) is 156 Å². The molecule has 0 aromatic heterocycles. The van der Waals surface area contributed by atoms with Gasteiger partial charge in [-0.15, -0.1) is 0 Å². The molecule has 10 aliphatic rings. The van der Waals surface area contributed by atoms with Crippen LogP contribution in [0.15, 0.2) is 84.0 Å². The fraction of sp³-hybridized carbons (Fsp3) is 0.464. The van der Waals surface area contributed by atoms with Crippen LogP contribution in [-0.2, 0) is 46.1 Å². The van der Waals surface area contributed by atoms with E-state index in [0.717, 1.165) is 56.0 Å². The van der Waals surface area contributed by atoms with Crippen molar-refractivity contribution in [2.75, 3.05) is 0 Å². The number of ketones is 2. The van der Waals surface area contributed by atoms with Gasteiger partial charge in [-0.25, -0.2) is 0 Å². The second kappa shape index (κ2) is 11.6. The highest BCUT2D eigenvalue weighted by atomic mass is 16.5. The SMILES string of the molecule is CC(C)(C)C1=CC2C(=O)[C@]34Cc5cc(C(C)(C)C)cc(c5O3)Cc3cccc5c3C3C=C(C(C)(C)C)C5[C@]5(Cc6cc(C(C)(C)C)cc(c6O5)Cc5cccc(c52)C14)C3=O. The molecule has 0 saturated heterocycles. The van der Waals surface area contributed by atoms with Crippen LogP contribution in [0.3, 0.4) is 0 Å². The molecule has 4 aromatic carbocycles. The number of ether oxygens (including phenoxy) is 2. The maximum Gasteiger partial charge on any atom is 0.188 e. The van der Waals surface area contributed by atoms with Gasteiger partial charge in [-0.2, -0.15) is 0 Å². The van der Waals surface area contributed by atoms with Crippen molar-refractivity contribution in [1.82, 2.24) is 0 Å². The molecular weight excluding hydrogens is 737 g/mol. The van der Waals surface area contributed by atoms with Gasteiger partial charge in [-0.3, -0.25) is 9.59 Å². The molecule has 4 unspecified atom stereocenters. The van der Waals surface area contributed by atoms with Crippen molar-refractivity contribution in [3.63, 3.8) is 0 Å². The first-order valence-electron chi connectivity index (χ1n) is 22.5. The Labute approximate surface area is 356 Å². The van der Waals surface area contributed by atoms with Crippen LogP contribution >= 0.6 is 0 Å². The lowest BCUT2D eigenvalue weighted by molar-refractivity contribution is -0.138. The minimum absolute atomic E-state index is 0.121. The number of rotatable bonds is 0. The fourth-order valence-corrected chi connectivity index (χ4v) is 12.7. The summed E-state index contributed by atoms with van der Waals surface area (Å²) in [7, 11) is 0. The van der Waals surface area contributed by atoms with Gasteiger partial charge in [0.15, 0.2) is 22.8 Å². The summed E-state index contributed by atoms with van der Waals surface area (Å²) in [5.41, 5.74) is 13.9. The molecule has 4 aliphatic heterocycles. The Balaban J connectivity index is 1.22. The van der Waals surface area contributed by atoms with E-state index in [0.29, 0.717) is 25.7 Å². The van der Waals surface area contributed by atoms with Crippen molar-refractivity contribution in [3.05, 3.63) is 151 Å². The molecular formula is C56H60O4. The molecule has 6 atom stereocenters. The Morgan fingerprint density at radius 1 is 0.483 bits per heavy atom. The van der Waals surface area contributed by atoms with E-state index in [1.54, 1.807) is 0 Å². The largest absolute Gasteiger partial charge is 0.478 e. The lowest BCUT2D eigenvalue weighted by Gasteiger charge is -2.52. The highest BCUT2D eigenvalue weighted by molar-refractivity contribution is 6.03. The standard InChI is InChI=1S/C56H60O4/c1-51(2,3)35-21-31-19-29-15-13-17-37-43(29)39-25-42(54(10,11)12)46(37)56(50(39)58)28-34-24-36(52(4,5)6)22-32(48(34)60-56)20-30-16-14-18-38-44(30)40-26-41(53(7,8)9)45(38)55(49(40)57)27-33(23-35)47(31)59-55/h13-18,21-26,39-40,45-46H,19-20,27-28H2,1-12H3/t39?,40?,45?,46?,55-,56-/m1/s1. The highest BCUT2D eigenvalue weighted by Gasteiger charge is 2.65. The summed E-state index contributed by atoms with van der Waals surface area (Å²) in [6.07, 6.45) is 6.92. The van der Waals surface area contributed by atoms with Gasteiger partial charge in [-0.1, -0.05) is 167 Å². The molecule has 4 heteroatoms. The zero-order valence-electron chi connectivity index (χ0n) is 37.7. The number of allylic oxidation sites excluding steroid dienone is 2. The first-order valence-corrected chi connectivity index (χ1v) is 22.5. The van der Waals surface area contributed by atoms with Gasteiger partial charge in [0.25, 0.3) is 0 Å². The third-order valence-electron chi connectivity index (χ3n) is 15.5. The third kappa shape index (κ3) is 4.97. The Morgan fingerprint density at radius 3 is 1.20 bits per heavy atom. The summed E-state index contributed by atoms with van der Waals surface area (Å²) in [6, 6.07) is 22.7. The quantitative estimate of drug-likeness (QED) is 0.166. The van der Waals surface area contributed by atoms with Crippen molar-refractivity contribution in [2.24, 2.45) is 10.8 Å². The molecule has 2 spiro atoms. The van der Waals surface area contributed by atoms with Crippen LogP contribution in [0.1, 0.15) is 174 Å². The molecule has 6 aliphatic carbocycles. The van der Waals surface area contributed by atoms with Crippen molar-refractivity contribution in [3.8, 4) is 11.5 Å². The van der Waals surface area contributed by atoms with Gasteiger partial charge in [0.1, 0.15) is 11.5 Å². The van der Waals surface area contributed by atoms with Gasteiger partial charge < -0.3 is 9.47 Å². The molecule has 14 rings (SSSR count). The zero-order chi connectivity index (χ0) is 42.4. The molecule has 0 radical (unpaired) electrons. The van der Waals surface area contributed by atoms with Crippen LogP contribution in [-0.4, -0.2) is 22.8 Å². The van der Waals surface area contributed by atoms with Crippen LogP contribution in [0.25, 0.3) is 0 Å². The molecule has 0 N–H and O–H groups in total. The number of hydrogen-bond acceptors (Lipinski definition) is 4. The summed E-state index contributed by atoms with van der Waals surface area (Å²) in [4.78, 5) is 31.2. The van der Waals surface area contributed by atoms with Crippen LogP contribution in [0.2, 0.25) is 0 Å². The maximum atomic E-state index is 15.6. The first kappa shape index (κ1) is 38.2. The Hall–Kier alpha value is -4.70. The van der Waals surface area contributed by atoms with Crippen molar-refractivity contribution in [1.29, 1.82) is 0 Å². The molecule has 14 bridgehead atoms. The number of benzene rings is 4. The zero-order valence-corrected chi connectivity index (χ0v) is 37.7. The smallest absolute Gasteiger partial charge is 0.188 e. The molecule has 60 heavy (non-hydrogen) atoms. The van der Waals surface area contributed by atoms with Crippen molar-refractivity contribution >= 4 is 11.6 Å². The van der Waals surface area contributed by atoms with Crippen molar-refractivity contribution in [2.45, 2.75) is 154 Å². The lowest BCUT2D eigenvalue weighted by atomic mass is 9.53. The molecule has 308 valence electrons. The van der Waals surface area contributed by atoms with E-state index in [4.69, 9.17) is 9.47 Å². The summed E-state index contributed by atoms with van der Waals surface area (Å²) >= 11 is 0. The van der Waals surface area contributed by atoms with Gasteiger partial charge >= 0.3 is 0 Å². The van der Waals surface area contributed by atoms with Gasteiger partial charge in [0.2, 0.25) is 0 Å². The monoisotopic (exact) mass is 796 g/mol. The predicted octanol–water partition coefficient (Wildman–Crippen LogP) is 12.0. The number of carbonyl (C=O) groups is 2. The predicted molar refractivity (Wildman–Crippen MR) is 239 cm³/mol. The van der Waals surface area contributed by atoms with Crippen LogP contribution < -0.4 is 9.47 Å². The first-order chi connectivity index (χ1) is 28.0. The Bertz CT molecular complexity index is 2520. The fourth-order valence-electron chi connectivity index (χ4n) is 12.7. The summed E-state index contributed by atoms with van der Waals surface area (Å²) in [6.45, 7) is 27.4. The Kier molecular flexibility index (Phi) is 7.40. The van der Waals surface area contributed by atoms with E-state index in [1.807, 2.05) is 0 Å².